The van der Waals surface area contributed by atoms with E-state index in [1.165, 1.54) is 0 Å². The average Bonchev–Trinajstić information content (AvgIpc) is 2.02. The van der Waals surface area contributed by atoms with Gasteiger partial charge in [0.1, 0.15) is 11.4 Å². The van der Waals surface area contributed by atoms with Crippen LogP contribution in [0.2, 0.25) is 0 Å². The van der Waals surface area contributed by atoms with Gasteiger partial charge in [-0.15, -0.1) is 0 Å². The molecule has 2 fully saturated rings. The summed E-state index contributed by atoms with van der Waals surface area (Å²) in [7, 11) is 0. The molecule has 2 rings (SSSR count). The van der Waals surface area contributed by atoms with E-state index in [1.807, 2.05) is 20.8 Å². The second-order valence-corrected chi connectivity index (χ2v) is 5.71. The SMILES string of the molecule is CC(C)(C)OC(=O)N1CC(OC2CC(=O)C2)C1. The van der Waals surface area contributed by atoms with Gasteiger partial charge in [-0.1, -0.05) is 0 Å². The van der Waals surface area contributed by atoms with Crippen molar-refractivity contribution in [2.45, 2.75) is 51.4 Å². The van der Waals surface area contributed by atoms with Crippen LogP contribution in [0.3, 0.4) is 0 Å². The molecule has 0 N–H and O–H groups in total. The van der Waals surface area contributed by atoms with Gasteiger partial charge in [-0.25, -0.2) is 4.79 Å². The Morgan fingerprint density at radius 3 is 2.29 bits per heavy atom. The minimum atomic E-state index is -0.455. The molecule has 5 nitrogen and oxygen atoms in total. The van der Waals surface area contributed by atoms with E-state index in [0.29, 0.717) is 25.9 Å². The quantitative estimate of drug-likeness (QED) is 0.732. The molecule has 1 aliphatic heterocycles. The van der Waals surface area contributed by atoms with Gasteiger partial charge in [-0.05, 0) is 20.8 Å². The Labute approximate surface area is 101 Å². The van der Waals surface area contributed by atoms with E-state index >= 15 is 0 Å². The van der Waals surface area contributed by atoms with Crippen LogP contribution in [0.1, 0.15) is 33.6 Å². The fourth-order valence-electron chi connectivity index (χ4n) is 1.82. The maximum atomic E-state index is 11.6. The Balaban J connectivity index is 1.65. The summed E-state index contributed by atoms with van der Waals surface area (Å²) in [5.41, 5.74) is -0.455. The lowest BCUT2D eigenvalue weighted by atomic mass is 9.94. The van der Waals surface area contributed by atoms with Crippen molar-refractivity contribution < 1.29 is 19.1 Å². The Morgan fingerprint density at radius 2 is 1.82 bits per heavy atom. The molecule has 1 saturated heterocycles. The van der Waals surface area contributed by atoms with Crippen LogP contribution in [0, 0.1) is 0 Å². The summed E-state index contributed by atoms with van der Waals surface area (Å²) in [6.07, 6.45) is 0.919. The van der Waals surface area contributed by atoms with Gasteiger partial charge in [0, 0.05) is 12.8 Å². The van der Waals surface area contributed by atoms with Crippen molar-refractivity contribution in [2.75, 3.05) is 13.1 Å². The highest BCUT2D eigenvalue weighted by Crippen LogP contribution is 2.24. The van der Waals surface area contributed by atoms with Crippen molar-refractivity contribution in [2.24, 2.45) is 0 Å². The minimum absolute atomic E-state index is 0.0700. The van der Waals surface area contributed by atoms with Crippen molar-refractivity contribution in [3.63, 3.8) is 0 Å². The first kappa shape index (κ1) is 12.4. The Bertz CT molecular complexity index is 320. The molecule has 2 aliphatic rings. The van der Waals surface area contributed by atoms with E-state index in [4.69, 9.17) is 9.47 Å². The molecular weight excluding hydrogens is 222 g/mol. The van der Waals surface area contributed by atoms with Crippen LogP contribution in [-0.4, -0.2) is 47.7 Å². The zero-order chi connectivity index (χ0) is 12.6. The van der Waals surface area contributed by atoms with E-state index in [2.05, 4.69) is 0 Å². The van der Waals surface area contributed by atoms with Gasteiger partial charge in [-0.2, -0.15) is 0 Å². The summed E-state index contributed by atoms with van der Waals surface area (Å²) in [4.78, 5) is 24.0. The van der Waals surface area contributed by atoms with Crippen molar-refractivity contribution in [1.29, 1.82) is 0 Å². The number of ether oxygens (including phenoxy) is 2. The number of ketones is 1. The van der Waals surface area contributed by atoms with E-state index in [1.54, 1.807) is 4.90 Å². The van der Waals surface area contributed by atoms with Crippen molar-refractivity contribution >= 4 is 11.9 Å². The van der Waals surface area contributed by atoms with Crippen molar-refractivity contribution in [1.82, 2.24) is 4.90 Å². The van der Waals surface area contributed by atoms with E-state index < -0.39 is 5.60 Å². The molecular formula is C12H19NO4. The lowest BCUT2D eigenvalue weighted by molar-refractivity contribution is -0.147. The molecule has 0 spiro atoms. The molecule has 0 atom stereocenters. The summed E-state index contributed by atoms with van der Waals surface area (Å²) in [6, 6.07) is 0. The maximum Gasteiger partial charge on any atom is 0.410 e. The fraction of sp³-hybridized carbons (Fsp3) is 0.833. The van der Waals surface area contributed by atoms with Crippen LogP contribution in [0.25, 0.3) is 0 Å². The number of carbonyl (C=O) groups is 2. The smallest absolute Gasteiger partial charge is 0.410 e. The first-order valence-corrected chi connectivity index (χ1v) is 5.98. The summed E-state index contributed by atoms with van der Waals surface area (Å²) < 4.78 is 10.9. The molecule has 0 aromatic heterocycles. The van der Waals surface area contributed by atoms with E-state index in [-0.39, 0.29) is 24.1 Å². The van der Waals surface area contributed by atoms with Gasteiger partial charge in [-0.3, -0.25) is 4.79 Å². The summed E-state index contributed by atoms with van der Waals surface area (Å²) >= 11 is 0. The average molecular weight is 241 g/mol. The first-order valence-electron chi connectivity index (χ1n) is 5.98. The molecule has 96 valence electrons. The van der Waals surface area contributed by atoms with Crippen LogP contribution in [-0.2, 0) is 14.3 Å². The standard InChI is InChI=1S/C12H19NO4/c1-12(2,3)17-11(15)13-6-10(7-13)16-9-4-8(14)5-9/h9-10H,4-7H2,1-3H3. The highest BCUT2D eigenvalue weighted by atomic mass is 16.6. The number of rotatable bonds is 2. The van der Waals surface area contributed by atoms with Crippen LogP contribution < -0.4 is 0 Å². The molecule has 1 amide bonds. The molecule has 1 aliphatic carbocycles. The zero-order valence-corrected chi connectivity index (χ0v) is 10.6. The summed E-state index contributed by atoms with van der Waals surface area (Å²) in [6.45, 7) is 6.68. The third kappa shape index (κ3) is 3.19. The molecule has 0 bridgehead atoms. The predicted octanol–water partition coefficient (Wildman–Crippen LogP) is 1.35. The van der Waals surface area contributed by atoms with Crippen LogP contribution in [0.15, 0.2) is 0 Å². The lowest BCUT2D eigenvalue weighted by Gasteiger charge is -2.42. The van der Waals surface area contributed by atoms with E-state index in [0.717, 1.165) is 0 Å². The van der Waals surface area contributed by atoms with Gasteiger partial charge in [0.25, 0.3) is 0 Å². The van der Waals surface area contributed by atoms with Gasteiger partial charge >= 0.3 is 6.09 Å². The van der Waals surface area contributed by atoms with Gasteiger partial charge in [0.15, 0.2) is 0 Å². The van der Waals surface area contributed by atoms with Crippen molar-refractivity contribution in [3.8, 4) is 0 Å². The maximum absolute atomic E-state index is 11.6. The Hall–Kier alpha value is -1.10. The first-order chi connectivity index (χ1) is 7.83. The predicted molar refractivity (Wildman–Crippen MR) is 60.7 cm³/mol. The summed E-state index contributed by atoms with van der Waals surface area (Å²) in [5.74, 6) is 0.262. The van der Waals surface area contributed by atoms with Crippen LogP contribution in [0.5, 0.6) is 0 Å². The highest BCUT2D eigenvalue weighted by Gasteiger charge is 2.38. The summed E-state index contributed by atoms with van der Waals surface area (Å²) in [5, 5.41) is 0. The second kappa shape index (κ2) is 4.29. The number of Topliss-reactive ketones (excluding diaryl/α,β-unsaturated/α-hetero) is 1. The topological polar surface area (TPSA) is 55.8 Å². The molecule has 0 aromatic rings. The lowest BCUT2D eigenvalue weighted by Crippen LogP contribution is -2.57. The van der Waals surface area contributed by atoms with Gasteiger partial charge in [0.2, 0.25) is 0 Å². The molecule has 0 radical (unpaired) electrons. The number of carbonyl (C=O) groups excluding carboxylic acids is 2. The van der Waals surface area contributed by atoms with Crippen molar-refractivity contribution in [3.05, 3.63) is 0 Å². The number of likely N-dealkylation sites (tertiary alicyclic amines) is 1. The van der Waals surface area contributed by atoms with Gasteiger partial charge < -0.3 is 14.4 Å². The second-order valence-electron chi connectivity index (χ2n) is 5.71. The molecule has 1 heterocycles. The highest BCUT2D eigenvalue weighted by molar-refractivity contribution is 5.85. The number of nitrogens with zero attached hydrogens (tertiary/aromatic N) is 1. The fourth-order valence-corrected chi connectivity index (χ4v) is 1.82. The Kier molecular flexibility index (Phi) is 3.12. The monoisotopic (exact) mass is 241 g/mol. The number of hydrogen-bond donors (Lipinski definition) is 0. The molecule has 17 heavy (non-hydrogen) atoms. The van der Waals surface area contributed by atoms with Crippen LogP contribution >= 0.6 is 0 Å². The third-order valence-electron chi connectivity index (χ3n) is 2.80. The normalized spacial score (nSPS) is 22.1. The van der Waals surface area contributed by atoms with E-state index in [9.17, 15) is 9.59 Å². The minimum Gasteiger partial charge on any atom is -0.444 e. The van der Waals surface area contributed by atoms with Crippen LogP contribution in [0.4, 0.5) is 4.79 Å². The third-order valence-corrected chi connectivity index (χ3v) is 2.80. The number of amides is 1. The molecule has 0 aromatic carbocycles. The number of hydrogen-bond acceptors (Lipinski definition) is 4. The molecule has 0 unspecified atom stereocenters. The van der Waals surface area contributed by atoms with Gasteiger partial charge in [0.05, 0.1) is 25.3 Å². The largest absolute Gasteiger partial charge is 0.444 e. The zero-order valence-electron chi connectivity index (χ0n) is 10.6. The molecule has 5 heteroatoms. The Morgan fingerprint density at radius 1 is 1.24 bits per heavy atom. The molecule has 1 saturated carbocycles.